The van der Waals surface area contributed by atoms with E-state index in [2.05, 4.69) is 42.5 Å². The first-order valence-corrected chi connectivity index (χ1v) is 17.0. The Hall–Kier alpha value is -5.26. The van der Waals surface area contributed by atoms with Crippen molar-refractivity contribution < 1.29 is 18.4 Å². The summed E-state index contributed by atoms with van der Waals surface area (Å²) in [6.07, 6.45) is 1.52. The van der Waals surface area contributed by atoms with Crippen molar-refractivity contribution in [2.24, 2.45) is 5.41 Å². The summed E-state index contributed by atoms with van der Waals surface area (Å²) in [7, 11) is -3.44. The Morgan fingerprint density at radius 1 is 0.556 bits per heavy atom. The van der Waals surface area contributed by atoms with E-state index in [1.54, 1.807) is 6.07 Å². The highest BCUT2D eigenvalue weighted by molar-refractivity contribution is 6.93. The molecule has 0 unspecified atom stereocenters. The maximum absolute atomic E-state index is 14.5. The van der Waals surface area contributed by atoms with Crippen molar-refractivity contribution in [3.8, 4) is 22.6 Å². The van der Waals surface area contributed by atoms with Gasteiger partial charge in [-0.15, -0.1) is 0 Å². The fraction of sp³-hybridized carbons (Fsp3) is 0.100. The standard InChI is InChI=1S/C40H30O4Si/c1-40(2,3)31-24-32(41)30-21-18-26-20-23-34-38(35(26)37(30)39(31)42)36-29-17-11-10-12-25(29)19-22-33(36)43-45(44-34,27-13-6-4-7-14-27)28-15-8-5-9-16-28/h4-24H,1-3H3. The third-order valence-electron chi connectivity index (χ3n) is 8.92. The van der Waals surface area contributed by atoms with E-state index in [1.807, 2.05) is 93.6 Å². The molecular weight excluding hydrogens is 573 g/mol. The van der Waals surface area contributed by atoms with Crippen LogP contribution in [-0.4, -0.2) is 20.1 Å². The second-order valence-corrected chi connectivity index (χ2v) is 15.5. The number of allylic oxidation sites excluding steroid dienone is 2. The van der Waals surface area contributed by atoms with Crippen molar-refractivity contribution in [1.82, 2.24) is 0 Å². The van der Waals surface area contributed by atoms with E-state index < -0.39 is 14.0 Å². The van der Waals surface area contributed by atoms with Crippen LogP contribution < -0.4 is 19.2 Å². The third kappa shape index (κ3) is 4.11. The van der Waals surface area contributed by atoms with Gasteiger partial charge in [-0.1, -0.05) is 124 Å². The molecule has 0 atom stereocenters. The van der Waals surface area contributed by atoms with Gasteiger partial charge in [-0.05, 0) is 45.8 Å². The number of carbonyl (C=O) groups is 2. The number of fused-ring (bicyclic) bond motifs is 9. The van der Waals surface area contributed by atoms with Crippen LogP contribution in [0.15, 0.2) is 133 Å². The van der Waals surface area contributed by atoms with Crippen molar-refractivity contribution in [2.75, 3.05) is 0 Å². The normalized spacial score (nSPS) is 15.3. The highest BCUT2D eigenvalue weighted by Gasteiger charge is 2.50. The molecule has 5 heteroatoms. The minimum atomic E-state index is -3.44. The molecule has 0 spiro atoms. The zero-order chi connectivity index (χ0) is 30.9. The number of hydrogen-bond acceptors (Lipinski definition) is 4. The summed E-state index contributed by atoms with van der Waals surface area (Å²) in [4.78, 5) is 28.1. The van der Waals surface area contributed by atoms with Crippen LogP contribution in [0.5, 0.6) is 11.5 Å². The van der Waals surface area contributed by atoms with Crippen molar-refractivity contribution >= 4 is 52.0 Å². The summed E-state index contributed by atoms with van der Waals surface area (Å²) >= 11 is 0. The maximum Gasteiger partial charge on any atom is 0.531 e. The van der Waals surface area contributed by atoms with Gasteiger partial charge in [0, 0.05) is 43.6 Å². The topological polar surface area (TPSA) is 52.6 Å². The molecule has 0 saturated heterocycles. The van der Waals surface area contributed by atoms with E-state index in [0.717, 1.165) is 37.7 Å². The predicted molar refractivity (Wildman–Crippen MR) is 182 cm³/mol. The van der Waals surface area contributed by atoms with Crippen LogP contribution in [-0.2, 0) is 0 Å². The fourth-order valence-electron chi connectivity index (χ4n) is 6.78. The minimum Gasteiger partial charge on any atom is -0.505 e. The lowest BCUT2D eigenvalue weighted by molar-refractivity contribution is 0.0968. The summed E-state index contributed by atoms with van der Waals surface area (Å²) in [5.74, 6) is 1.02. The first-order valence-electron chi connectivity index (χ1n) is 15.2. The lowest BCUT2D eigenvalue weighted by atomic mass is 9.74. The first-order chi connectivity index (χ1) is 21.8. The summed E-state index contributed by atoms with van der Waals surface area (Å²) in [5, 5.41) is 5.52. The van der Waals surface area contributed by atoms with Crippen LogP contribution in [0.2, 0.25) is 0 Å². The Balaban J connectivity index is 1.55. The minimum absolute atomic E-state index is 0.127. The molecular formula is C40H30O4Si. The molecule has 0 N–H and O–H groups in total. The molecule has 1 aliphatic carbocycles. The summed E-state index contributed by atoms with van der Waals surface area (Å²) in [6.45, 7) is 5.92. The second-order valence-electron chi connectivity index (χ2n) is 12.7. The largest absolute Gasteiger partial charge is 0.531 e. The predicted octanol–water partition coefficient (Wildman–Crippen LogP) is 8.04. The van der Waals surface area contributed by atoms with Gasteiger partial charge in [0.1, 0.15) is 11.5 Å². The lowest BCUT2D eigenvalue weighted by Crippen LogP contribution is -2.68. The fourth-order valence-corrected chi connectivity index (χ4v) is 9.85. The van der Waals surface area contributed by atoms with E-state index in [9.17, 15) is 9.59 Å². The number of Topliss-reactive ketones (excluding diaryl/α,β-unsaturated/α-hetero) is 1. The maximum atomic E-state index is 14.5. The summed E-state index contributed by atoms with van der Waals surface area (Å²) in [5.41, 5.74) is 2.47. The van der Waals surface area contributed by atoms with Gasteiger partial charge in [0.15, 0.2) is 11.6 Å². The van der Waals surface area contributed by atoms with Gasteiger partial charge in [-0.3, -0.25) is 9.59 Å². The molecule has 0 amide bonds. The Morgan fingerprint density at radius 2 is 1.11 bits per heavy atom. The monoisotopic (exact) mass is 602 g/mol. The van der Waals surface area contributed by atoms with E-state index in [0.29, 0.717) is 33.6 Å². The molecule has 6 aromatic rings. The molecule has 6 aromatic carbocycles. The Kier molecular flexibility index (Phi) is 5.99. The van der Waals surface area contributed by atoms with Gasteiger partial charge in [0.25, 0.3) is 0 Å². The van der Waals surface area contributed by atoms with Crippen LogP contribution in [0, 0.1) is 5.41 Å². The molecule has 45 heavy (non-hydrogen) atoms. The molecule has 4 nitrogen and oxygen atoms in total. The highest BCUT2D eigenvalue weighted by Crippen LogP contribution is 2.50. The van der Waals surface area contributed by atoms with Crippen LogP contribution >= 0.6 is 0 Å². The molecule has 8 rings (SSSR count). The number of hydrogen-bond donors (Lipinski definition) is 0. The molecule has 0 fully saturated rings. The van der Waals surface area contributed by atoms with E-state index in [4.69, 9.17) is 8.85 Å². The second kappa shape index (κ2) is 9.88. The first kappa shape index (κ1) is 27.3. The molecule has 0 bridgehead atoms. The molecule has 0 radical (unpaired) electrons. The van der Waals surface area contributed by atoms with E-state index >= 15 is 0 Å². The highest BCUT2D eigenvalue weighted by atomic mass is 28.4. The van der Waals surface area contributed by atoms with Crippen LogP contribution in [0.4, 0.5) is 0 Å². The molecule has 218 valence electrons. The molecule has 0 aromatic heterocycles. The Bertz CT molecular complexity index is 2190. The number of ketones is 2. The smallest absolute Gasteiger partial charge is 0.505 e. The zero-order valence-electron chi connectivity index (χ0n) is 25.3. The van der Waals surface area contributed by atoms with Crippen LogP contribution in [0.25, 0.3) is 32.7 Å². The van der Waals surface area contributed by atoms with Crippen molar-refractivity contribution in [3.05, 3.63) is 144 Å². The molecule has 2 aliphatic rings. The number of benzene rings is 6. The van der Waals surface area contributed by atoms with Crippen LogP contribution in [0.3, 0.4) is 0 Å². The molecule has 1 aliphatic heterocycles. The summed E-state index contributed by atoms with van der Waals surface area (Å²) in [6, 6.07) is 40.3. The SMILES string of the molecule is CC(C)(C)C1=CC(=O)c2ccc3ccc4c(c3c2C1=O)-c1c(ccc2ccccc12)O[Si](c1ccccc1)(c1ccccc1)O4. The average molecular weight is 603 g/mol. The van der Waals surface area contributed by atoms with E-state index in [1.165, 1.54) is 6.08 Å². The average Bonchev–Trinajstić information content (AvgIpc) is 3.22. The molecule has 0 saturated carbocycles. The van der Waals surface area contributed by atoms with Gasteiger partial charge >= 0.3 is 8.56 Å². The van der Waals surface area contributed by atoms with Gasteiger partial charge in [0.05, 0.1) is 0 Å². The molecule has 1 heterocycles. The number of rotatable bonds is 2. The lowest BCUT2D eigenvalue weighted by Gasteiger charge is -2.31. The van der Waals surface area contributed by atoms with E-state index in [-0.39, 0.29) is 11.6 Å². The van der Waals surface area contributed by atoms with Gasteiger partial charge in [-0.2, -0.15) is 0 Å². The quantitative estimate of drug-likeness (QED) is 0.188. The summed E-state index contributed by atoms with van der Waals surface area (Å²) < 4.78 is 14.6. The van der Waals surface area contributed by atoms with Crippen LogP contribution in [0.1, 0.15) is 41.5 Å². The van der Waals surface area contributed by atoms with Gasteiger partial charge in [-0.25, -0.2) is 0 Å². The Morgan fingerprint density at radius 3 is 1.76 bits per heavy atom. The van der Waals surface area contributed by atoms with Crippen molar-refractivity contribution in [1.29, 1.82) is 0 Å². The van der Waals surface area contributed by atoms with Gasteiger partial charge < -0.3 is 8.85 Å². The van der Waals surface area contributed by atoms with Crippen molar-refractivity contribution in [3.63, 3.8) is 0 Å². The van der Waals surface area contributed by atoms with Gasteiger partial charge in [0.2, 0.25) is 0 Å². The third-order valence-corrected chi connectivity index (χ3v) is 12.1. The zero-order valence-corrected chi connectivity index (χ0v) is 26.3. The Labute approximate surface area is 262 Å². The van der Waals surface area contributed by atoms with Crippen molar-refractivity contribution in [2.45, 2.75) is 20.8 Å². The number of carbonyl (C=O) groups excluding carboxylic acids is 2.